The lowest BCUT2D eigenvalue weighted by Crippen LogP contribution is -1.92. The van der Waals surface area contributed by atoms with E-state index in [0.29, 0.717) is 11.7 Å². The van der Waals surface area contributed by atoms with E-state index >= 15 is 0 Å². The lowest BCUT2D eigenvalue weighted by atomic mass is 10.0. The molecule has 0 saturated heterocycles. The highest BCUT2D eigenvalue weighted by Gasteiger charge is 2.24. The van der Waals surface area contributed by atoms with Crippen LogP contribution in [-0.2, 0) is 4.79 Å². The molecule has 0 aromatic heterocycles. The maximum atomic E-state index is 11.5. The standard InChI is InChI=1S/C13H22O/c1-3-5-6-7-8-12-9-11(4-2)10-13(12)14/h8,11H,3-7,9-10H2,1-2H3/b12-8+. The molecular weight excluding hydrogens is 172 g/mol. The second-order valence-corrected chi connectivity index (χ2v) is 4.33. The Hall–Kier alpha value is -0.590. The largest absolute Gasteiger partial charge is 0.295 e. The molecule has 0 aliphatic heterocycles. The molecule has 1 unspecified atom stereocenters. The smallest absolute Gasteiger partial charge is 0.158 e. The van der Waals surface area contributed by atoms with Gasteiger partial charge >= 0.3 is 0 Å². The predicted octanol–water partition coefficient (Wildman–Crippen LogP) is 3.88. The molecule has 1 rings (SSSR count). The van der Waals surface area contributed by atoms with E-state index in [4.69, 9.17) is 0 Å². The van der Waals surface area contributed by atoms with Gasteiger partial charge in [0.25, 0.3) is 0 Å². The third-order valence-electron chi connectivity index (χ3n) is 3.12. The normalized spacial score (nSPS) is 24.9. The number of rotatable bonds is 5. The van der Waals surface area contributed by atoms with Crippen molar-refractivity contribution < 1.29 is 4.79 Å². The van der Waals surface area contributed by atoms with E-state index in [9.17, 15) is 4.79 Å². The van der Waals surface area contributed by atoms with Crippen molar-refractivity contribution in [2.75, 3.05) is 0 Å². The van der Waals surface area contributed by atoms with Crippen LogP contribution < -0.4 is 0 Å². The summed E-state index contributed by atoms with van der Waals surface area (Å²) in [5, 5.41) is 0. The Balaban J connectivity index is 2.33. The number of hydrogen-bond donors (Lipinski definition) is 0. The fourth-order valence-electron chi connectivity index (χ4n) is 2.05. The maximum Gasteiger partial charge on any atom is 0.158 e. The van der Waals surface area contributed by atoms with Gasteiger partial charge in [0.05, 0.1) is 0 Å². The van der Waals surface area contributed by atoms with Crippen molar-refractivity contribution in [3.8, 4) is 0 Å². The van der Waals surface area contributed by atoms with Gasteiger partial charge in [-0.25, -0.2) is 0 Å². The molecule has 1 nitrogen and oxygen atoms in total. The van der Waals surface area contributed by atoms with Crippen LogP contribution in [0.25, 0.3) is 0 Å². The molecule has 0 bridgehead atoms. The van der Waals surface area contributed by atoms with Crippen molar-refractivity contribution >= 4 is 5.78 Å². The topological polar surface area (TPSA) is 17.1 Å². The Morgan fingerprint density at radius 3 is 2.64 bits per heavy atom. The fourth-order valence-corrected chi connectivity index (χ4v) is 2.05. The molecule has 0 radical (unpaired) electrons. The Morgan fingerprint density at radius 2 is 2.07 bits per heavy atom. The summed E-state index contributed by atoms with van der Waals surface area (Å²) in [5.41, 5.74) is 1.12. The van der Waals surface area contributed by atoms with Crippen LogP contribution in [0.2, 0.25) is 0 Å². The number of carbonyl (C=O) groups is 1. The average Bonchev–Trinajstić information content (AvgIpc) is 2.54. The minimum atomic E-state index is 0.411. The average molecular weight is 194 g/mol. The number of Topliss-reactive ketones (excluding diaryl/α,β-unsaturated/α-hetero) is 1. The summed E-state index contributed by atoms with van der Waals surface area (Å²) in [6, 6.07) is 0. The van der Waals surface area contributed by atoms with Gasteiger partial charge in [0.2, 0.25) is 0 Å². The Bertz CT molecular complexity index is 215. The van der Waals surface area contributed by atoms with Crippen LogP contribution in [-0.4, -0.2) is 5.78 Å². The minimum Gasteiger partial charge on any atom is -0.295 e. The number of allylic oxidation sites excluding steroid dienone is 2. The molecule has 0 spiro atoms. The van der Waals surface area contributed by atoms with Crippen LogP contribution in [0.1, 0.15) is 58.8 Å². The molecule has 0 aromatic carbocycles. The number of unbranched alkanes of at least 4 members (excludes halogenated alkanes) is 3. The molecule has 0 aromatic rings. The zero-order valence-electron chi connectivity index (χ0n) is 9.51. The van der Waals surface area contributed by atoms with Gasteiger partial charge in [0.15, 0.2) is 5.78 Å². The molecule has 1 fully saturated rings. The number of ketones is 1. The van der Waals surface area contributed by atoms with Gasteiger partial charge in [-0.05, 0) is 30.8 Å². The molecule has 1 aliphatic rings. The molecule has 1 saturated carbocycles. The number of carbonyl (C=O) groups excluding carboxylic acids is 1. The van der Waals surface area contributed by atoms with Crippen LogP contribution in [0.4, 0.5) is 0 Å². The van der Waals surface area contributed by atoms with E-state index in [1.165, 1.54) is 19.3 Å². The van der Waals surface area contributed by atoms with E-state index < -0.39 is 0 Å². The van der Waals surface area contributed by atoms with Gasteiger partial charge in [0.1, 0.15) is 0 Å². The highest BCUT2D eigenvalue weighted by Crippen LogP contribution is 2.29. The Kier molecular flexibility index (Phi) is 4.92. The van der Waals surface area contributed by atoms with Crippen molar-refractivity contribution in [3.63, 3.8) is 0 Å². The summed E-state index contributed by atoms with van der Waals surface area (Å²) in [6.07, 6.45) is 10.1. The van der Waals surface area contributed by atoms with Crippen molar-refractivity contribution in [3.05, 3.63) is 11.6 Å². The van der Waals surface area contributed by atoms with Crippen molar-refractivity contribution in [2.45, 2.75) is 58.8 Å². The fraction of sp³-hybridized carbons (Fsp3) is 0.769. The van der Waals surface area contributed by atoms with Crippen molar-refractivity contribution in [2.24, 2.45) is 5.92 Å². The molecule has 0 N–H and O–H groups in total. The van der Waals surface area contributed by atoms with Crippen LogP contribution in [0.5, 0.6) is 0 Å². The van der Waals surface area contributed by atoms with Gasteiger partial charge in [-0.2, -0.15) is 0 Å². The third kappa shape index (κ3) is 3.28. The lowest BCUT2D eigenvalue weighted by Gasteiger charge is -2.00. The SMILES string of the molecule is CCCCC/C=C1\CC(CC)CC1=O. The van der Waals surface area contributed by atoms with Gasteiger partial charge in [-0.1, -0.05) is 39.2 Å². The maximum absolute atomic E-state index is 11.5. The molecule has 1 atom stereocenters. The van der Waals surface area contributed by atoms with E-state index in [0.717, 1.165) is 31.3 Å². The molecule has 1 aliphatic carbocycles. The molecule has 14 heavy (non-hydrogen) atoms. The van der Waals surface area contributed by atoms with Gasteiger partial charge < -0.3 is 0 Å². The first-order valence-corrected chi connectivity index (χ1v) is 6.00. The molecule has 0 heterocycles. The van der Waals surface area contributed by atoms with Crippen LogP contribution in [0, 0.1) is 5.92 Å². The monoisotopic (exact) mass is 194 g/mol. The Morgan fingerprint density at radius 1 is 1.29 bits per heavy atom. The predicted molar refractivity (Wildman–Crippen MR) is 60.2 cm³/mol. The van der Waals surface area contributed by atoms with Crippen LogP contribution in [0.15, 0.2) is 11.6 Å². The zero-order valence-corrected chi connectivity index (χ0v) is 9.51. The molecular formula is C13H22O. The summed E-state index contributed by atoms with van der Waals surface area (Å²) < 4.78 is 0. The second kappa shape index (κ2) is 6.00. The first kappa shape index (κ1) is 11.5. The summed E-state index contributed by atoms with van der Waals surface area (Å²) in [5.74, 6) is 1.05. The van der Waals surface area contributed by atoms with Crippen molar-refractivity contribution in [1.82, 2.24) is 0 Å². The minimum absolute atomic E-state index is 0.411. The first-order valence-electron chi connectivity index (χ1n) is 6.00. The van der Waals surface area contributed by atoms with E-state index in [1.807, 2.05) is 0 Å². The second-order valence-electron chi connectivity index (χ2n) is 4.33. The summed E-state index contributed by atoms with van der Waals surface area (Å²) >= 11 is 0. The highest BCUT2D eigenvalue weighted by molar-refractivity contribution is 5.97. The van der Waals surface area contributed by atoms with Gasteiger partial charge in [-0.3, -0.25) is 4.79 Å². The highest BCUT2D eigenvalue weighted by atomic mass is 16.1. The molecule has 1 heteroatoms. The Labute approximate surface area is 87.6 Å². The summed E-state index contributed by atoms with van der Waals surface area (Å²) in [7, 11) is 0. The first-order chi connectivity index (χ1) is 6.77. The molecule has 80 valence electrons. The molecule has 0 amide bonds. The van der Waals surface area contributed by atoms with Crippen LogP contribution >= 0.6 is 0 Å². The number of hydrogen-bond acceptors (Lipinski definition) is 1. The van der Waals surface area contributed by atoms with Gasteiger partial charge in [-0.15, -0.1) is 0 Å². The lowest BCUT2D eigenvalue weighted by molar-refractivity contribution is -0.114. The van der Waals surface area contributed by atoms with Crippen LogP contribution in [0.3, 0.4) is 0 Å². The van der Waals surface area contributed by atoms with E-state index in [2.05, 4.69) is 19.9 Å². The van der Waals surface area contributed by atoms with Crippen molar-refractivity contribution in [1.29, 1.82) is 0 Å². The van der Waals surface area contributed by atoms with E-state index in [1.54, 1.807) is 0 Å². The quantitative estimate of drug-likeness (QED) is 0.479. The van der Waals surface area contributed by atoms with Gasteiger partial charge in [0, 0.05) is 6.42 Å². The summed E-state index contributed by atoms with van der Waals surface area (Å²) in [6.45, 7) is 4.39. The third-order valence-corrected chi connectivity index (χ3v) is 3.12. The summed E-state index contributed by atoms with van der Waals surface area (Å²) in [4.78, 5) is 11.5. The zero-order chi connectivity index (χ0) is 10.4. The van der Waals surface area contributed by atoms with E-state index in [-0.39, 0.29) is 0 Å².